The summed E-state index contributed by atoms with van der Waals surface area (Å²) in [7, 11) is 0. The van der Waals surface area contributed by atoms with Crippen LogP contribution in [0.1, 0.15) is 39.2 Å². The summed E-state index contributed by atoms with van der Waals surface area (Å²) in [6.45, 7) is 7.36. The van der Waals surface area contributed by atoms with Crippen molar-refractivity contribution in [3.8, 4) is 11.5 Å². The Bertz CT molecular complexity index is 819. The van der Waals surface area contributed by atoms with Crippen molar-refractivity contribution in [2.45, 2.75) is 40.2 Å². The summed E-state index contributed by atoms with van der Waals surface area (Å²) in [5, 5.41) is 5.95. The lowest BCUT2D eigenvalue weighted by Crippen LogP contribution is -2.23. The fourth-order valence-corrected chi connectivity index (χ4v) is 2.64. The van der Waals surface area contributed by atoms with Gasteiger partial charge in [-0.15, -0.1) is 0 Å². The number of nitrogens with two attached hydrogens (primary N) is 1. The fraction of sp³-hybridized carbons (Fsp3) is 0.364. The van der Waals surface area contributed by atoms with Crippen molar-refractivity contribution < 1.29 is 14.3 Å². The summed E-state index contributed by atoms with van der Waals surface area (Å²) in [6, 6.07) is 13.1. The molecule has 0 unspecified atom stereocenters. The van der Waals surface area contributed by atoms with E-state index in [0.717, 1.165) is 23.4 Å². The van der Waals surface area contributed by atoms with Crippen LogP contribution >= 0.6 is 0 Å². The van der Waals surface area contributed by atoms with Gasteiger partial charge < -0.3 is 25.8 Å². The first kappa shape index (κ1) is 22.1. The van der Waals surface area contributed by atoms with Gasteiger partial charge in [0.2, 0.25) is 5.91 Å². The van der Waals surface area contributed by atoms with Gasteiger partial charge in [0.15, 0.2) is 5.96 Å². The van der Waals surface area contributed by atoms with E-state index in [4.69, 9.17) is 15.2 Å². The second-order valence-electron chi connectivity index (χ2n) is 6.35. The van der Waals surface area contributed by atoms with E-state index in [2.05, 4.69) is 15.6 Å². The van der Waals surface area contributed by atoms with Crippen molar-refractivity contribution in [1.82, 2.24) is 0 Å². The highest BCUT2D eigenvalue weighted by Gasteiger charge is 2.07. The third-order valence-electron chi connectivity index (χ3n) is 3.97. The molecular weight excluding hydrogens is 368 g/mol. The number of benzene rings is 2. The standard InChI is InChI=1S/C22H30N4O3/c1-4-7-21(27)25-17-10-8-16(9-11-17)15-24-22(23)26-19-14-18(28-5-2)12-13-20(19)29-6-3/h8-14H,4-7,15H2,1-3H3,(H,25,27)(H3,23,24,26). The molecule has 0 aliphatic rings. The minimum Gasteiger partial charge on any atom is -0.494 e. The average molecular weight is 399 g/mol. The van der Waals surface area contributed by atoms with Crippen LogP contribution in [0.15, 0.2) is 47.5 Å². The van der Waals surface area contributed by atoms with Crippen LogP contribution in [0.5, 0.6) is 11.5 Å². The van der Waals surface area contributed by atoms with Gasteiger partial charge in [-0.3, -0.25) is 4.79 Å². The van der Waals surface area contributed by atoms with Crippen molar-refractivity contribution >= 4 is 23.2 Å². The van der Waals surface area contributed by atoms with Crippen molar-refractivity contribution in [3.05, 3.63) is 48.0 Å². The lowest BCUT2D eigenvalue weighted by molar-refractivity contribution is -0.116. The van der Waals surface area contributed by atoms with Crippen molar-refractivity contribution in [3.63, 3.8) is 0 Å². The zero-order chi connectivity index (χ0) is 21.1. The Morgan fingerprint density at radius 2 is 1.72 bits per heavy atom. The predicted molar refractivity (Wildman–Crippen MR) is 118 cm³/mol. The van der Waals surface area contributed by atoms with Gasteiger partial charge >= 0.3 is 0 Å². The molecule has 0 saturated carbocycles. The Balaban J connectivity index is 2.01. The number of carbonyl (C=O) groups excluding carboxylic acids is 1. The maximum absolute atomic E-state index is 11.6. The molecule has 0 atom stereocenters. The zero-order valence-electron chi connectivity index (χ0n) is 17.3. The molecule has 2 aromatic rings. The summed E-state index contributed by atoms with van der Waals surface area (Å²) in [4.78, 5) is 16.0. The highest BCUT2D eigenvalue weighted by atomic mass is 16.5. The molecule has 0 spiro atoms. The van der Waals surface area contributed by atoms with Crippen LogP contribution < -0.4 is 25.8 Å². The summed E-state index contributed by atoms with van der Waals surface area (Å²) in [5.41, 5.74) is 8.52. The van der Waals surface area contributed by atoms with E-state index in [1.807, 2.05) is 63.2 Å². The highest BCUT2D eigenvalue weighted by molar-refractivity contribution is 5.94. The number of nitrogens with one attached hydrogen (secondary N) is 2. The van der Waals surface area contributed by atoms with E-state index in [9.17, 15) is 4.79 Å². The fourth-order valence-electron chi connectivity index (χ4n) is 2.64. The van der Waals surface area contributed by atoms with Gasteiger partial charge in [0.05, 0.1) is 25.4 Å². The Kier molecular flexibility index (Phi) is 8.82. The number of aliphatic imine (C=N–C) groups is 1. The minimum atomic E-state index is 0.0195. The second-order valence-corrected chi connectivity index (χ2v) is 6.35. The van der Waals surface area contributed by atoms with E-state index in [0.29, 0.717) is 37.6 Å². The molecule has 0 heterocycles. The molecule has 0 fully saturated rings. The first-order valence-electron chi connectivity index (χ1n) is 9.91. The number of guanidine groups is 1. The smallest absolute Gasteiger partial charge is 0.224 e. The van der Waals surface area contributed by atoms with Gasteiger partial charge in [0.25, 0.3) is 0 Å². The molecule has 29 heavy (non-hydrogen) atoms. The molecular formula is C22H30N4O3. The molecule has 0 bridgehead atoms. The quantitative estimate of drug-likeness (QED) is 0.413. The maximum atomic E-state index is 11.6. The van der Waals surface area contributed by atoms with E-state index in [1.165, 1.54) is 0 Å². The first-order valence-corrected chi connectivity index (χ1v) is 9.91. The number of nitrogens with zero attached hydrogens (tertiary/aromatic N) is 1. The first-order chi connectivity index (χ1) is 14.0. The van der Waals surface area contributed by atoms with E-state index in [-0.39, 0.29) is 11.9 Å². The van der Waals surface area contributed by atoms with Gasteiger partial charge in [-0.2, -0.15) is 0 Å². The van der Waals surface area contributed by atoms with Crippen molar-refractivity contribution in [1.29, 1.82) is 0 Å². The summed E-state index contributed by atoms with van der Waals surface area (Å²) >= 11 is 0. The Morgan fingerprint density at radius 1 is 1.00 bits per heavy atom. The molecule has 0 aromatic heterocycles. The normalized spacial score (nSPS) is 11.1. The van der Waals surface area contributed by atoms with Crippen LogP contribution in [0, 0.1) is 0 Å². The second kappa shape index (κ2) is 11.6. The van der Waals surface area contributed by atoms with Crippen LogP contribution in [0.2, 0.25) is 0 Å². The Morgan fingerprint density at radius 3 is 2.38 bits per heavy atom. The van der Waals surface area contributed by atoms with Gasteiger partial charge in [-0.05, 0) is 50.1 Å². The molecule has 4 N–H and O–H groups in total. The molecule has 7 nitrogen and oxygen atoms in total. The van der Waals surface area contributed by atoms with E-state index >= 15 is 0 Å². The lowest BCUT2D eigenvalue weighted by Gasteiger charge is -2.14. The van der Waals surface area contributed by atoms with Gasteiger partial charge in [0.1, 0.15) is 11.5 Å². The zero-order valence-corrected chi connectivity index (χ0v) is 17.3. The third kappa shape index (κ3) is 7.37. The third-order valence-corrected chi connectivity index (χ3v) is 3.97. The molecule has 2 aromatic carbocycles. The molecule has 156 valence electrons. The summed E-state index contributed by atoms with van der Waals surface area (Å²) < 4.78 is 11.2. The monoisotopic (exact) mass is 398 g/mol. The van der Waals surface area contributed by atoms with Crippen LogP contribution in [0.4, 0.5) is 11.4 Å². The largest absolute Gasteiger partial charge is 0.494 e. The molecule has 0 aliphatic heterocycles. The van der Waals surface area contributed by atoms with Gasteiger partial charge in [-0.25, -0.2) is 4.99 Å². The van der Waals surface area contributed by atoms with Gasteiger partial charge in [-0.1, -0.05) is 19.1 Å². The number of ether oxygens (including phenoxy) is 2. The van der Waals surface area contributed by atoms with E-state index in [1.54, 1.807) is 0 Å². The van der Waals surface area contributed by atoms with E-state index < -0.39 is 0 Å². The molecule has 0 radical (unpaired) electrons. The maximum Gasteiger partial charge on any atom is 0.224 e. The minimum absolute atomic E-state index is 0.0195. The molecule has 7 heteroatoms. The summed E-state index contributed by atoms with van der Waals surface area (Å²) in [6.07, 6.45) is 1.34. The van der Waals surface area contributed by atoms with Crippen molar-refractivity contribution in [2.24, 2.45) is 10.7 Å². The van der Waals surface area contributed by atoms with Crippen molar-refractivity contribution in [2.75, 3.05) is 23.8 Å². The molecule has 0 aliphatic carbocycles. The topological polar surface area (TPSA) is 98.0 Å². The number of anilines is 2. The van der Waals surface area contributed by atoms with Crippen LogP contribution in [0.3, 0.4) is 0 Å². The van der Waals surface area contributed by atoms with Gasteiger partial charge in [0, 0.05) is 18.2 Å². The number of hydrogen-bond acceptors (Lipinski definition) is 4. The molecule has 2 rings (SSSR count). The lowest BCUT2D eigenvalue weighted by atomic mass is 10.2. The average Bonchev–Trinajstić information content (AvgIpc) is 2.70. The number of rotatable bonds is 10. The predicted octanol–water partition coefficient (Wildman–Crippen LogP) is 4.15. The number of amides is 1. The number of carbonyl (C=O) groups is 1. The summed E-state index contributed by atoms with van der Waals surface area (Å²) in [5.74, 6) is 1.71. The Hall–Kier alpha value is -3.22. The number of hydrogen-bond donors (Lipinski definition) is 3. The molecule has 1 amide bonds. The highest BCUT2D eigenvalue weighted by Crippen LogP contribution is 2.29. The SMILES string of the molecule is CCCC(=O)Nc1ccc(CN=C(N)Nc2cc(OCC)ccc2OCC)cc1. The van der Waals surface area contributed by atoms with Crippen LogP contribution in [-0.2, 0) is 11.3 Å². The molecule has 0 saturated heterocycles. The van der Waals surface area contributed by atoms with Crippen LogP contribution in [0.25, 0.3) is 0 Å². The Labute approximate surface area is 172 Å². The van der Waals surface area contributed by atoms with Crippen LogP contribution in [-0.4, -0.2) is 25.1 Å².